The summed E-state index contributed by atoms with van der Waals surface area (Å²) in [5, 5.41) is 4.55. The average molecular weight is 487 g/mol. The maximum atomic E-state index is 13.2. The summed E-state index contributed by atoms with van der Waals surface area (Å²) in [6.45, 7) is 0.279. The van der Waals surface area contributed by atoms with E-state index in [0.29, 0.717) is 33.1 Å². The Hall–Kier alpha value is -2.80. The van der Waals surface area contributed by atoms with E-state index in [1.165, 1.54) is 6.20 Å². The number of hydrogen-bond acceptors (Lipinski definition) is 3. The molecule has 0 aliphatic heterocycles. The van der Waals surface area contributed by atoms with Gasteiger partial charge in [-0.2, -0.15) is 0 Å². The first-order valence-electron chi connectivity index (χ1n) is 9.89. The van der Waals surface area contributed by atoms with Crippen LogP contribution in [0.25, 0.3) is 10.9 Å². The van der Waals surface area contributed by atoms with Crippen LogP contribution in [0.1, 0.15) is 11.1 Å². The van der Waals surface area contributed by atoms with E-state index >= 15 is 0 Å². The Morgan fingerprint density at radius 1 is 0.906 bits per heavy atom. The third-order valence-electron chi connectivity index (χ3n) is 5.10. The van der Waals surface area contributed by atoms with Crippen molar-refractivity contribution in [2.75, 3.05) is 0 Å². The van der Waals surface area contributed by atoms with Crippen molar-refractivity contribution in [1.29, 1.82) is 0 Å². The van der Waals surface area contributed by atoms with E-state index in [2.05, 4.69) is 5.32 Å². The maximum Gasteiger partial charge on any atom is 0.240 e. The van der Waals surface area contributed by atoms with Crippen LogP contribution in [-0.4, -0.2) is 18.9 Å². The lowest BCUT2D eigenvalue weighted by atomic mass is 10.2. The van der Waals surface area contributed by atoms with Crippen molar-refractivity contribution < 1.29 is 13.2 Å². The summed E-state index contributed by atoms with van der Waals surface area (Å²) < 4.78 is 28.0. The molecule has 0 unspecified atom stereocenters. The van der Waals surface area contributed by atoms with Gasteiger partial charge in [-0.15, -0.1) is 0 Å². The second-order valence-corrected chi connectivity index (χ2v) is 10.2. The molecule has 1 amide bonds. The zero-order chi connectivity index (χ0) is 22.7. The second kappa shape index (κ2) is 9.36. The molecule has 3 aromatic carbocycles. The molecule has 5 nitrogen and oxygen atoms in total. The van der Waals surface area contributed by atoms with Crippen molar-refractivity contribution in [2.45, 2.75) is 23.7 Å². The number of sulfone groups is 1. The predicted octanol–water partition coefficient (Wildman–Crippen LogP) is 5.24. The van der Waals surface area contributed by atoms with Crippen molar-refractivity contribution in [3.63, 3.8) is 0 Å². The van der Waals surface area contributed by atoms with E-state index in [-0.39, 0.29) is 23.1 Å². The molecule has 1 aromatic heterocycles. The van der Waals surface area contributed by atoms with E-state index < -0.39 is 9.84 Å². The van der Waals surface area contributed by atoms with E-state index in [1.54, 1.807) is 53.1 Å². The first-order valence-corrected chi connectivity index (χ1v) is 12.3. The molecule has 0 atom stereocenters. The standard InChI is InChI=1S/C24H20Cl2N2O3S/c25-19-11-9-17(10-12-19)16-32(30,31)23-14-28(22-8-4-2-6-20(22)23)15-24(29)27-13-18-5-1-3-7-21(18)26/h1-12,14H,13,15-16H2,(H,27,29). The monoisotopic (exact) mass is 486 g/mol. The normalized spacial score (nSPS) is 11.6. The molecule has 4 rings (SSSR count). The maximum absolute atomic E-state index is 13.2. The molecule has 164 valence electrons. The summed E-state index contributed by atoms with van der Waals surface area (Å²) in [4.78, 5) is 12.8. The van der Waals surface area contributed by atoms with Crippen LogP contribution < -0.4 is 5.32 Å². The van der Waals surface area contributed by atoms with E-state index in [1.807, 2.05) is 24.3 Å². The quantitative estimate of drug-likeness (QED) is 0.388. The van der Waals surface area contributed by atoms with Crippen LogP contribution in [0, 0.1) is 0 Å². The molecule has 32 heavy (non-hydrogen) atoms. The van der Waals surface area contributed by atoms with Gasteiger partial charge in [0.25, 0.3) is 0 Å². The summed E-state index contributed by atoms with van der Waals surface area (Å²) in [5.41, 5.74) is 2.13. The first kappa shape index (κ1) is 22.4. The highest BCUT2D eigenvalue weighted by molar-refractivity contribution is 7.90. The molecule has 0 saturated carbocycles. The Kier molecular flexibility index (Phi) is 6.55. The number of hydrogen-bond donors (Lipinski definition) is 1. The van der Waals surface area contributed by atoms with Crippen molar-refractivity contribution >= 4 is 49.8 Å². The summed E-state index contributed by atoms with van der Waals surface area (Å²) in [6.07, 6.45) is 1.53. The molecular weight excluding hydrogens is 467 g/mol. The summed E-state index contributed by atoms with van der Waals surface area (Å²) >= 11 is 12.0. The lowest BCUT2D eigenvalue weighted by Crippen LogP contribution is -2.27. The number of carbonyl (C=O) groups excluding carboxylic acids is 1. The predicted molar refractivity (Wildman–Crippen MR) is 128 cm³/mol. The molecule has 0 spiro atoms. The number of carbonyl (C=O) groups is 1. The number of benzene rings is 3. The fraction of sp³-hybridized carbons (Fsp3) is 0.125. The third-order valence-corrected chi connectivity index (χ3v) is 7.43. The molecule has 0 aliphatic carbocycles. The molecule has 1 heterocycles. The molecule has 0 radical (unpaired) electrons. The van der Waals surface area contributed by atoms with Crippen LogP contribution >= 0.6 is 23.2 Å². The molecule has 0 fully saturated rings. The van der Waals surface area contributed by atoms with Crippen LogP contribution in [-0.2, 0) is 33.5 Å². The van der Waals surface area contributed by atoms with Gasteiger partial charge in [0, 0.05) is 33.7 Å². The number of aromatic nitrogens is 1. The molecule has 4 aromatic rings. The number of para-hydroxylation sites is 1. The smallest absolute Gasteiger partial charge is 0.240 e. The lowest BCUT2D eigenvalue weighted by molar-refractivity contribution is -0.121. The summed E-state index contributed by atoms with van der Waals surface area (Å²) in [7, 11) is -3.64. The van der Waals surface area contributed by atoms with Gasteiger partial charge in [0.15, 0.2) is 9.84 Å². The first-order chi connectivity index (χ1) is 15.3. The number of nitrogens with zero attached hydrogens (tertiary/aromatic N) is 1. The molecular formula is C24H20Cl2N2O3S. The van der Waals surface area contributed by atoms with Gasteiger partial charge in [-0.1, -0.05) is 71.7 Å². The fourth-order valence-electron chi connectivity index (χ4n) is 3.52. The van der Waals surface area contributed by atoms with E-state index in [9.17, 15) is 13.2 Å². The minimum atomic E-state index is -3.64. The van der Waals surface area contributed by atoms with Gasteiger partial charge in [0.2, 0.25) is 5.91 Å². The Bertz CT molecular complexity index is 1380. The van der Waals surface area contributed by atoms with Crippen LogP contribution in [0.4, 0.5) is 0 Å². The Morgan fingerprint density at radius 2 is 1.59 bits per heavy atom. The second-order valence-electron chi connectivity index (χ2n) is 7.39. The fourth-order valence-corrected chi connectivity index (χ4v) is 5.43. The summed E-state index contributed by atoms with van der Waals surface area (Å²) in [6, 6.07) is 21.2. The van der Waals surface area contributed by atoms with Gasteiger partial charge in [0.05, 0.1) is 10.6 Å². The number of fused-ring (bicyclic) bond motifs is 1. The highest BCUT2D eigenvalue weighted by atomic mass is 35.5. The minimum Gasteiger partial charge on any atom is -0.350 e. The zero-order valence-electron chi connectivity index (χ0n) is 17.0. The van der Waals surface area contributed by atoms with Crippen molar-refractivity contribution in [1.82, 2.24) is 9.88 Å². The Morgan fingerprint density at radius 3 is 2.34 bits per heavy atom. The topological polar surface area (TPSA) is 68.2 Å². The number of nitrogens with one attached hydrogen (secondary N) is 1. The highest BCUT2D eigenvalue weighted by Gasteiger charge is 2.22. The van der Waals surface area contributed by atoms with Gasteiger partial charge >= 0.3 is 0 Å². The molecule has 0 saturated heterocycles. The van der Waals surface area contributed by atoms with Crippen LogP contribution in [0.15, 0.2) is 83.9 Å². The van der Waals surface area contributed by atoms with Crippen LogP contribution in [0.2, 0.25) is 10.0 Å². The number of amides is 1. The lowest BCUT2D eigenvalue weighted by Gasteiger charge is -2.08. The zero-order valence-corrected chi connectivity index (χ0v) is 19.3. The molecule has 0 aliphatic rings. The minimum absolute atomic E-state index is 0.0125. The van der Waals surface area contributed by atoms with Gasteiger partial charge < -0.3 is 9.88 Å². The van der Waals surface area contributed by atoms with E-state index in [0.717, 1.165) is 5.56 Å². The summed E-state index contributed by atoms with van der Waals surface area (Å²) in [5.74, 6) is -0.399. The molecule has 8 heteroatoms. The number of rotatable bonds is 7. The SMILES string of the molecule is O=C(Cn1cc(S(=O)(=O)Cc2ccc(Cl)cc2)c2ccccc21)NCc1ccccc1Cl. The van der Waals surface area contributed by atoms with Gasteiger partial charge in [0.1, 0.15) is 6.54 Å². The Labute approximate surface area is 196 Å². The third kappa shape index (κ3) is 4.99. The molecule has 1 N–H and O–H groups in total. The number of halogens is 2. The van der Waals surface area contributed by atoms with Gasteiger partial charge in [-0.25, -0.2) is 8.42 Å². The Balaban J connectivity index is 1.57. The van der Waals surface area contributed by atoms with Gasteiger partial charge in [-0.05, 0) is 35.4 Å². The van der Waals surface area contributed by atoms with Crippen molar-refractivity contribution in [3.05, 3.63) is 100 Å². The largest absolute Gasteiger partial charge is 0.350 e. The highest BCUT2D eigenvalue weighted by Crippen LogP contribution is 2.28. The van der Waals surface area contributed by atoms with Crippen molar-refractivity contribution in [3.8, 4) is 0 Å². The average Bonchev–Trinajstić information content (AvgIpc) is 3.14. The van der Waals surface area contributed by atoms with Gasteiger partial charge in [-0.3, -0.25) is 4.79 Å². The van der Waals surface area contributed by atoms with Crippen LogP contribution in [0.3, 0.4) is 0 Å². The van der Waals surface area contributed by atoms with Crippen molar-refractivity contribution in [2.24, 2.45) is 0 Å². The van der Waals surface area contributed by atoms with E-state index in [4.69, 9.17) is 23.2 Å². The molecule has 0 bridgehead atoms. The van der Waals surface area contributed by atoms with Crippen LogP contribution in [0.5, 0.6) is 0 Å².